The first kappa shape index (κ1) is 12.2. The van der Waals surface area contributed by atoms with E-state index in [-0.39, 0.29) is 12.3 Å². The molecule has 92 valence electrons. The number of aryl methyl sites for hydroxylation is 2. The number of rotatable bonds is 3. The van der Waals surface area contributed by atoms with Gasteiger partial charge in [-0.25, -0.2) is 9.78 Å². The number of carbonyl (C=O) groups is 1. The highest BCUT2D eigenvalue weighted by atomic mass is 16.5. The third kappa shape index (κ3) is 2.91. The molecule has 18 heavy (non-hydrogen) atoms. The largest absolute Gasteiger partial charge is 0.456 e. The molecule has 0 saturated heterocycles. The average molecular weight is 242 g/mol. The Bertz CT molecular complexity index is 553. The normalized spacial score (nSPS) is 10.1. The van der Waals surface area contributed by atoms with Crippen molar-refractivity contribution in [1.82, 2.24) is 9.97 Å². The van der Waals surface area contributed by atoms with Gasteiger partial charge in [0.2, 0.25) is 0 Å². The maximum Gasteiger partial charge on any atom is 0.359 e. The van der Waals surface area contributed by atoms with Gasteiger partial charge in [-0.15, -0.1) is 0 Å². The van der Waals surface area contributed by atoms with E-state index in [0.717, 1.165) is 11.3 Å². The maximum absolute atomic E-state index is 11.8. The maximum atomic E-state index is 11.8. The monoisotopic (exact) mass is 242 g/mol. The molecule has 0 radical (unpaired) electrons. The Kier molecular flexibility index (Phi) is 3.67. The fraction of sp³-hybridized carbons (Fsp3) is 0.214. The van der Waals surface area contributed by atoms with Crippen molar-refractivity contribution in [2.24, 2.45) is 0 Å². The van der Waals surface area contributed by atoms with Crippen LogP contribution in [0.5, 0.6) is 0 Å². The lowest BCUT2D eigenvalue weighted by Gasteiger charge is -2.06. The van der Waals surface area contributed by atoms with E-state index in [9.17, 15) is 4.79 Å². The van der Waals surface area contributed by atoms with Crippen molar-refractivity contribution < 1.29 is 9.53 Å². The summed E-state index contributed by atoms with van der Waals surface area (Å²) in [5.74, 6) is -0.441. The van der Waals surface area contributed by atoms with Gasteiger partial charge in [0, 0.05) is 6.20 Å². The summed E-state index contributed by atoms with van der Waals surface area (Å²) in [7, 11) is 0. The van der Waals surface area contributed by atoms with Crippen molar-refractivity contribution in [1.29, 1.82) is 0 Å². The molecular weight excluding hydrogens is 228 g/mol. The number of hydrogen-bond donors (Lipinski definition) is 0. The SMILES string of the molecule is Cc1cnc(C(=O)OCc2ccccc2)c(C)n1. The second kappa shape index (κ2) is 5.40. The molecule has 4 heteroatoms. The highest BCUT2D eigenvalue weighted by Gasteiger charge is 2.13. The summed E-state index contributed by atoms with van der Waals surface area (Å²) in [6.07, 6.45) is 1.56. The molecule has 2 rings (SSSR count). The van der Waals surface area contributed by atoms with E-state index >= 15 is 0 Å². The highest BCUT2D eigenvalue weighted by molar-refractivity contribution is 5.88. The van der Waals surface area contributed by atoms with Gasteiger partial charge in [0.15, 0.2) is 5.69 Å². The van der Waals surface area contributed by atoms with Crippen LogP contribution in [0.4, 0.5) is 0 Å². The van der Waals surface area contributed by atoms with Gasteiger partial charge in [-0.05, 0) is 19.4 Å². The van der Waals surface area contributed by atoms with Gasteiger partial charge >= 0.3 is 5.97 Å². The van der Waals surface area contributed by atoms with Gasteiger partial charge in [0.05, 0.1) is 11.4 Å². The molecule has 0 amide bonds. The molecule has 0 aliphatic carbocycles. The van der Waals surface area contributed by atoms with Crippen molar-refractivity contribution in [2.75, 3.05) is 0 Å². The van der Waals surface area contributed by atoms with Crippen LogP contribution in [-0.4, -0.2) is 15.9 Å². The van der Waals surface area contributed by atoms with Crippen LogP contribution < -0.4 is 0 Å². The lowest BCUT2D eigenvalue weighted by atomic mass is 10.2. The first-order valence-electron chi connectivity index (χ1n) is 5.68. The van der Waals surface area contributed by atoms with Crippen molar-refractivity contribution in [3.05, 3.63) is 59.2 Å². The predicted molar refractivity (Wildman–Crippen MR) is 67.1 cm³/mol. The van der Waals surface area contributed by atoms with Gasteiger partial charge in [-0.1, -0.05) is 30.3 Å². The van der Waals surface area contributed by atoms with Gasteiger partial charge in [0.25, 0.3) is 0 Å². The lowest BCUT2D eigenvalue weighted by molar-refractivity contribution is 0.0464. The number of esters is 1. The second-order valence-electron chi connectivity index (χ2n) is 4.01. The summed E-state index contributed by atoms with van der Waals surface area (Å²) in [5, 5.41) is 0. The second-order valence-corrected chi connectivity index (χ2v) is 4.01. The van der Waals surface area contributed by atoms with Crippen molar-refractivity contribution in [2.45, 2.75) is 20.5 Å². The Balaban J connectivity index is 2.04. The fourth-order valence-corrected chi connectivity index (χ4v) is 1.59. The van der Waals surface area contributed by atoms with Crippen molar-refractivity contribution in [3.63, 3.8) is 0 Å². The number of ether oxygens (including phenoxy) is 1. The molecule has 0 bridgehead atoms. The van der Waals surface area contributed by atoms with E-state index in [4.69, 9.17) is 4.74 Å². The first-order valence-corrected chi connectivity index (χ1v) is 5.68. The van der Waals surface area contributed by atoms with E-state index in [1.165, 1.54) is 0 Å². The van der Waals surface area contributed by atoms with Crippen molar-refractivity contribution >= 4 is 5.97 Å². The summed E-state index contributed by atoms with van der Waals surface area (Å²) in [6, 6.07) is 9.53. The van der Waals surface area contributed by atoms with Gasteiger partial charge in [-0.3, -0.25) is 4.98 Å². The molecule has 2 aromatic rings. The molecule has 1 aromatic heterocycles. The Morgan fingerprint density at radius 3 is 2.61 bits per heavy atom. The van der Waals surface area contributed by atoms with E-state index in [2.05, 4.69) is 9.97 Å². The Labute approximate surface area is 106 Å². The van der Waals surface area contributed by atoms with Crippen LogP contribution in [0.25, 0.3) is 0 Å². The number of aromatic nitrogens is 2. The Morgan fingerprint density at radius 1 is 1.22 bits per heavy atom. The van der Waals surface area contributed by atoms with Gasteiger partial charge in [-0.2, -0.15) is 0 Å². The summed E-state index contributed by atoms with van der Waals surface area (Å²) >= 11 is 0. The van der Waals surface area contributed by atoms with E-state index in [0.29, 0.717) is 5.69 Å². The van der Waals surface area contributed by atoms with Crippen LogP contribution in [-0.2, 0) is 11.3 Å². The van der Waals surface area contributed by atoms with E-state index in [1.807, 2.05) is 37.3 Å². The molecule has 0 unspecified atom stereocenters. The Morgan fingerprint density at radius 2 is 1.94 bits per heavy atom. The van der Waals surface area contributed by atoms with Crippen LogP contribution in [0.1, 0.15) is 27.4 Å². The van der Waals surface area contributed by atoms with Crippen LogP contribution in [0, 0.1) is 13.8 Å². The van der Waals surface area contributed by atoms with Crippen LogP contribution in [0.15, 0.2) is 36.5 Å². The van der Waals surface area contributed by atoms with Gasteiger partial charge in [0.1, 0.15) is 6.61 Å². The van der Waals surface area contributed by atoms with Gasteiger partial charge < -0.3 is 4.74 Å². The zero-order valence-corrected chi connectivity index (χ0v) is 10.4. The molecule has 1 heterocycles. The minimum Gasteiger partial charge on any atom is -0.456 e. The number of benzene rings is 1. The molecule has 0 N–H and O–H groups in total. The quantitative estimate of drug-likeness (QED) is 0.776. The summed E-state index contributed by atoms with van der Waals surface area (Å²) in [6.45, 7) is 3.83. The van der Waals surface area contributed by atoms with Crippen LogP contribution in [0.2, 0.25) is 0 Å². The molecule has 0 atom stereocenters. The number of nitrogens with zero attached hydrogens (tertiary/aromatic N) is 2. The number of hydrogen-bond acceptors (Lipinski definition) is 4. The smallest absolute Gasteiger partial charge is 0.359 e. The predicted octanol–water partition coefficient (Wildman–Crippen LogP) is 2.45. The minimum absolute atomic E-state index is 0.245. The molecular formula is C14H14N2O2. The molecule has 0 aliphatic heterocycles. The topological polar surface area (TPSA) is 52.1 Å². The third-order valence-electron chi connectivity index (χ3n) is 2.47. The molecule has 0 spiro atoms. The van der Waals surface area contributed by atoms with Crippen LogP contribution >= 0.6 is 0 Å². The fourth-order valence-electron chi connectivity index (χ4n) is 1.59. The van der Waals surface area contributed by atoms with Crippen molar-refractivity contribution in [3.8, 4) is 0 Å². The third-order valence-corrected chi connectivity index (χ3v) is 2.47. The first-order chi connectivity index (χ1) is 8.66. The minimum atomic E-state index is -0.441. The summed E-state index contributed by atoms with van der Waals surface area (Å²) in [4.78, 5) is 20.1. The average Bonchev–Trinajstić information content (AvgIpc) is 2.37. The molecule has 0 saturated carbocycles. The van der Waals surface area contributed by atoms with E-state index < -0.39 is 5.97 Å². The molecule has 0 fully saturated rings. The zero-order chi connectivity index (χ0) is 13.0. The summed E-state index contributed by atoms with van der Waals surface area (Å²) in [5.41, 5.74) is 2.60. The van der Waals surface area contributed by atoms with E-state index in [1.54, 1.807) is 13.1 Å². The van der Waals surface area contributed by atoms with Crippen LogP contribution in [0.3, 0.4) is 0 Å². The summed E-state index contributed by atoms with van der Waals surface area (Å²) < 4.78 is 5.19. The standard InChI is InChI=1S/C14H14N2O2/c1-10-8-15-13(11(2)16-10)14(17)18-9-12-6-4-3-5-7-12/h3-8H,9H2,1-2H3. The number of carbonyl (C=O) groups excluding carboxylic acids is 1. The lowest BCUT2D eigenvalue weighted by Crippen LogP contribution is -2.11. The highest BCUT2D eigenvalue weighted by Crippen LogP contribution is 2.07. The molecule has 1 aromatic carbocycles. The Hall–Kier alpha value is -2.23. The zero-order valence-electron chi connectivity index (χ0n) is 10.4. The molecule has 4 nitrogen and oxygen atoms in total. The molecule has 0 aliphatic rings.